The summed E-state index contributed by atoms with van der Waals surface area (Å²) in [5, 5.41) is 2.91. The summed E-state index contributed by atoms with van der Waals surface area (Å²) in [6.45, 7) is 5.96. The molecule has 0 aliphatic carbocycles. The summed E-state index contributed by atoms with van der Waals surface area (Å²) in [6.07, 6.45) is 1.05. The Bertz CT molecular complexity index is 860. The molecular formula is C18H22N2O3S. The molecule has 128 valence electrons. The first-order valence-corrected chi connectivity index (χ1v) is 9.51. The lowest BCUT2D eigenvalue weighted by Gasteiger charge is -2.17. The van der Waals surface area contributed by atoms with E-state index in [-0.39, 0.29) is 17.6 Å². The number of anilines is 1. The van der Waals surface area contributed by atoms with Crippen LogP contribution in [0.15, 0.2) is 42.5 Å². The second-order valence-electron chi connectivity index (χ2n) is 5.96. The monoisotopic (exact) mass is 346 g/mol. The minimum absolute atomic E-state index is 0.192. The highest BCUT2D eigenvalue weighted by Gasteiger charge is 2.16. The van der Waals surface area contributed by atoms with E-state index in [1.807, 2.05) is 39.0 Å². The van der Waals surface area contributed by atoms with Crippen molar-refractivity contribution >= 4 is 21.6 Å². The number of hydrogen-bond donors (Lipinski definition) is 2. The van der Waals surface area contributed by atoms with Crippen molar-refractivity contribution in [2.24, 2.45) is 0 Å². The lowest BCUT2D eigenvalue weighted by Crippen LogP contribution is -2.28. The Morgan fingerprint density at radius 1 is 1.04 bits per heavy atom. The molecule has 6 heteroatoms. The Hall–Kier alpha value is -2.34. The molecule has 0 saturated carbocycles. The first-order valence-electron chi connectivity index (χ1n) is 7.62. The maximum absolute atomic E-state index is 12.5. The van der Waals surface area contributed by atoms with E-state index < -0.39 is 10.0 Å². The number of amides is 1. The third kappa shape index (κ3) is 4.58. The zero-order chi connectivity index (χ0) is 17.9. The van der Waals surface area contributed by atoms with Crippen molar-refractivity contribution in [3.8, 4) is 0 Å². The highest BCUT2D eigenvalue weighted by molar-refractivity contribution is 7.92. The number of nitrogens with one attached hydrogen (secondary N) is 2. The van der Waals surface area contributed by atoms with Crippen molar-refractivity contribution in [1.82, 2.24) is 5.32 Å². The van der Waals surface area contributed by atoms with Gasteiger partial charge in [-0.2, -0.15) is 0 Å². The van der Waals surface area contributed by atoms with Gasteiger partial charge in [-0.1, -0.05) is 30.3 Å². The van der Waals surface area contributed by atoms with Crippen molar-refractivity contribution in [2.75, 3.05) is 11.0 Å². The van der Waals surface area contributed by atoms with E-state index in [1.165, 1.54) is 5.56 Å². The summed E-state index contributed by atoms with van der Waals surface area (Å²) in [6, 6.07) is 12.4. The molecule has 0 bridgehead atoms. The van der Waals surface area contributed by atoms with Crippen LogP contribution in [0.4, 0.5) is 5.69 Å². The minimum atomic E-state index is -3.45. The van der Waals surface area contributed by atoms with Crippen LogP contribution in [0.3, 0.4) is 0 Å². The molecule has 2 N–H and O–H groups in total. The van der Waals surface area contributed by atoms with E-state index in [2.05, 4.69) is 10.0 Å². The largest absolute Gasteiger partial charge is 0.345 e. The smallest absolute Gasteiger partial charge is 0.253 e. The number of para-hydroxylation sites is 1. The zero-order valence-electron chi connectivity index (χ0n) is 14.3. The number of carbonyl (C=O) groups is 1. The lowest BCUT2D eigenvalue weighted by atomic mass is 10.0. The Kier molecular flexibility index (Phi) is 5.29. The molecule has 0 aromatic heterocycles. The van der Waals surface area contributed by atoms with Gasteiger partial charge in [0.2, 0.25) is 10.0 Å². The SMILES string of the molecule is Cc1ccc(C(C)NC(=O)c2ccccc2NS(C)(=O)=O)cc1C. The number of carbonyl (C=O) groups excluding carboxylic acids is 1. The van der Waals surface area contributed by atoms with E-state index >= 15 is 0 Å². The maximum atomic E-state index is 12.5. The molecule has 1 atom stereocenters. The van der Waals surface area contributed by atoms with Gasteiger partial charge in [0.1, 0.15) is 0 Å². The molecular weight excluding hydrogens is 324 g/mol. The average Bonchev–Trinajstić information content (AvgIpc) is 2.48. The Labute approximate surface area is 143 Å². The second kappa shape index (κ2) is 7.05. The summed E-state index contributed by atoms with van der Waals surface area (Å²) in [7, 11) is -3.45. The number of hydrogen-bond acceptors (Lipinski definition) is 3. The summed E-state index contributed by atoms with van der Waals surface area (Å²) in [5.74, 6) is -0.326. The molecule has 24 heavy (non-hydrogen) atoms. The predicted molar refractivity (Wildman–Crippen MR) is 96.7 cm³/mol. The summed E-state index contributed by atoms with van der Waals surface area (Å²) < 4.78 is 25.3. The van der Waals surface area contributed by atoms with Gasteiger partial charge in [-0.25, -0.2) is 8.42 Å². The van der Waals surface area contributed by atoms with Crippen LogP contribution in [0.5, 0.6) is 0 Å². The maximum Gasteiger partial charge on any atom is 0.253 e. The van der Waals surface area contributed by atoms with E-state index in [0.717, 1.165) is 17.4 Å². The van der Waals surface area contributed by atoms with Gasteiger partial charge in [-0.3, -0.25) is 9.52 Å². The van der Waals surface area contributed by atoms with Gasteiger partial charge < -0.3 is 5.32 Å². The van der Waals surface area contributed by atoms with Crippen molar-refractivity contribution in [1.29, 1.82) is 0 Å². The van der Waals surface area contributed by atoms with Gasteiger partial charge >= 0.3 is 0 Å². The number of aryl methyl sites for hydroxylation is 2. The summed E-state index contributed by atoms with van der Waals surface area (Å²) in [5.41, 5.74) is 3.91. The second-order valence-corrected chi connectivity index (χ2v) is 7.71. The van der Waals surface area contributed by atoms with Crippen molar-refractivity contribution in [3.05, 3.63) is 64.7 Å². The molecule has 0 aliphatic heterocycles. The van der Waals surface area contributed by atoms with Crippen LogP contribution in [-0.4, -0.2) is 20.6 Å². The predicted octanol–water partition coefficient (Wildman–Crippen LogP) is 3.17. The molecule has 1 amide bonds. The Morgan fingerprint density at radius 2 is 1.71 bits per heavy atom. The van der Waals surface area contributed by atoms with E-state index in [1.54, 1.807) is 24.3 Å². The average molecular weight is 346 g/mol. The molecule has 5 nitrogen and oxygen atoms in total. The van der Waals surface area contributed by atoms with Crippen LogP contribution in [0, 0.1) is 13.8 Å². The van der Waals surface area contributed by atoms with Crippen LogP contribution in [0.1, 0.15) is 40.0 Å². The number of sulfonamides is 1. The fraction of sp³-hybridized carbons (Fsp3) is 0.278. The highest BCUT2D eigenvalue weighted by atomic mass is 32.2. The van der Waals surface area contributed by atoms with Gasteiger partial charge in [0.25, 0.3) is 5.91 Å². The van der Waals surface area contributed by atoms with Gasteiger partial charge in [-0.15, -0.1) is 0 Å². The van der Waals surface area contributed by atoms with E-state index in [4.69, 9.17) is 0 Å². The van der Waals surface area contributed by atoms with Crippen molar-refractivity contribution in [3.63, 3.8) is 0 Å². The van der Waals surface area contributed by atoms with E-state index in [9.17, 15) is 13.2 Å². The number of rotatable bonds is 5. The van der Waals surface area contributed by atoms with E-state index in [0.29, 0.717) is 5.56 Å². The fourth-order valence-corrected chi connectivity index (χ4v) is 2.94. The highest BCUT2D eigenvalue weighted by Crippen LogP contribution is 2.20. The van der Waals surface area contributed by atoms with Crippen molar-refractivity contribution < 1.29 is 13.2 Å². The van der Waals surface area contributed by atoms with Crippen LogP contribution < -0.4 is 10.0 Å². The van der Waals surface area contributed by atoms with Crippen LogP contribution in [0.2, 0.25) is 0 Å². The molecule has 0 fully saturated rings. The van der Waals surface area contributed by atoms with Gasteiger partial charge in [0.05, 0.1) is 23.5 Å². The lowest BCUT2D eigenvalue weighted by molar-refractivity contribution is 0.0941. The molecule has 2 rings (SSSR count). The molecule has 0 heterocycles. The van der Waals surface area contributed by atoms with Crippen molar-refractivity contribution in [2.45, 2.75) is 26.8 Å². The first kappa shape index (κ1) is 18.0. The van der Waals surface area contributed by atoms with Gasteiger partial charge in [0.15, 0.2) is 0 Å². The molecule has 0 saturated heterocycles. The van der Waals surface area contributed by atoms with Gasteiger partial charge in [-0.05, 0) is 49.6 Å². The van der Waals surface area contributed by atoms with Crippen LogP contribution >= 0.6 is 0 Å². The Morgan fingerprint density at radius 3 is 2.33 bits per heavy atom. The molecule has 0 aliphatic rings. The topological polar surface area (TPSA) is 75.3 Å². The molecule has 1 unspecified atom stereocenters. The van der Waals surface area contributed by atoms with Crippen LogP contribution in [0.25, 0.3) is 0 Å². The normalized spacial score (nSPS) is 12.5. The van der Waals surface area contributed by atoms with Gasteiger partial charge in [0, 0.05) is 0 Å². The third-order valence-electron chi connectivity index (χ3n) is 3.85. The Balaban J connectivity index is 2.22. The molecule has 2 aromatic carbocycles. The molecule has 2 aromatic rings. The molecule has 0 radical (unpaired) electrons. The minimum Gasteiger partial charge on any atom is -0.345 e. The fourth-order valence-electron chi connectivity index (χ4n) is 2.36. The summed E-state index contributed by atoms with van der Waals surface area (Å²) >= 11 is 0. The quantitative estimate of drug-likeness (QED) is 0.873. The standard InChI is InChI=1S/C18H22N2O3S/c1-12-9-10-15(11-13(12)2)14(3)19-18(21)16-7-5-6-8-17(16)20-24(4,22)23/h5-11,14,20H,1-4H3,(H,19,21). The zero-order valence-corrected chi connectivity index (χ0v) is 15.1. The molecule has 0 spiro atoms. The third-order valence-corrected chi connectivity index (χ3v) is 4.44. The number of benzene rings is 2. The van der Waals surface area contributed by atoms with Crippen LogP contribution in [-0.2, 0) is 10.0 Å². The summed E-state index contributed by atoms with van der Waals surface area (Å²) in [4.78, 5) is 12.5. The first-order chi connectivity index (χ1) is 11.2.